The fourth-order valence-corrected chi connectivity index (χ4v) is 3.31. The molecule has 0 unspecified atom stereocenters. The minimum Gasteiger partial charge on any atom is -0.488 e. The second-order valence-corrected chi connectivity index (χ2v) is 5.97. The third-order valence-corrected chi connectivity index (χ3v) is 4.48. The van der Waals surface area contributed by atoms with E-state index in [9.17, 15) is 0 Å². The fraction of sp³-hybridized carbons (Fsp3) is 0.412. The lowest BCUT2D eigenvalue weighted by molar-refractivity contribution is 0.242. The first-order valence-electron chi connectivity index (χ1n) is 7.92. The van der Waals surface area contributed by atoms with Gasteiger partial charge in [-0.3, -0.25) is 0 Å². The lowest BCUT2D eigenvalue weighted by Crippen LogP contribution is -2.24. The van der Waals surface area contributed by atoms with E-state index in [2.05, 4.69) is 39.4 Å². The molecule has 5 nitrogen and oxygen atoms in total. The summed E-state index contributed by atoms with van der Waals surface area (Å²) in [6.45, 7) is 2.74. The molecule has 1 aromatic carbocycles. The van der Waals surface area contributed by atoms with E-state index in [1.165, 1.54) is 18.4 Å². The molecule has 0 aliphatic carbocycles. The van der Waals surface area contributed by atoms with Gasteiger partial charge in [-0.1, -0.05) is 12.1 Å². The third kappa shape index (κ3) is 2.31. The van der Waals surface area contributed by atoms with Crippen LogP contribution in [0.15, 0.2) is 30.5 Å². The van der Waals surface area contributed by atoms with Gasteiger partial charge in [0.25, 0.3) is 0 Å². The summed E-state index contributed by atoms with van der Waals surface area (Å²) in [7, 11) is 0. The molecular formula is C17H20N4O. The van der Waals surface area contributed by atoms with Gasteiger partial charge >= 0.3 is 0 Å². The number of aromatic nitrogens is 2. The van der Waals surface area contributed by atoms with Crippen molar-refractivity contribution in [3.63, 3.8) is 0 Å². The zero-order chi connectivity index (χ0) is 14.9. The molecule has 2 aliphatic heterocycles. The molecule has 0 radical (unpaired) electrons. The van der Waals surface area contributed by atoms with Gasteiger partial charge in [0.05, 0.1) is 17.6 Å². The van der Waals surface area contributed by atoms with Crippen LogP contribution < -0.4 is 15.4 Å². The number of nitrogens with zero attached hydrogens (tertiary/aromatic N) is 3. The van der Waals surface area contributed by atoms with Gasteiger partial charge in [0.2, 0.25) is 0 Å². The first kappa shape index (κ1) is 13.5. The Kier molecular flexibility index (Phi) is 3.42. The standard InChI is InChI=1S/C17H20N4O/c18-10-14-8-12-4-3-5-15(17(12)22-14)16-9-13(11-19-20-16)21-6-1-2-7-21/h3-5,9,11,14H,1-2,6-8,10,18H2/t14-/m1/s1. The second-order valence-electron chi connectivity index (χ2n) is 5.97. The number of hydrogen-bond donors (Lipinski definition) is 1. The number of fused-ring (bicyclic) bond motifs is 1. The van der Waals surface area contributed by atoms with Crippen molar-refractivity contribution in [2.75, 3.05) is 24.5 Å². The number of hydrogen-bond acceptors (Lipinski definition) is 5. The molecule has 3 heterocycles. The fourth-order valence-electron chi connectivity index (χ4n) is 3.31. The Balaban J connectivity index is 1.71. The van der Waals surface area contributed by atoms with E-state index in [1.54, 1.807) is 0 Å². The largest absolute Gasteiger partial charge is 0.488 e. The third-order valence-electron chi connectivity index (χ3n) is 4.48. The SMILES string of the molecule is NC[C@H]1Cc2cccc(-c3cc(N4CCCC4)cnn3)c2O1. The van der Waals surface area contributed by atoms with Crippen LogP contribution in [-0.4, -0.2) is 35.9 Å². The Hall–Kier alpha value is -2.14. The molecule has 1 fully saturated rings. The van der Waals surface area contributed by atoms with Crippen LogP contribution in [0, 0.1) is 0 Å². The number of benzene rings is 1. The molecule has 0 spiro atoms. The van der Waals surface area contributed by atoms with E-state index in [1.807, 2.05) is 6.20 Å². The zero-order valence-corrected chi connectivity index (χ0v) is 12.5. The molecule has 0 bridgehead atoms. The van der Waals surface area contributed by atoms with E-state index in [0.29, 0.717) is 6.54 Å². The Morgan fingerprint density at radius 1 is 1.27 bits per heavy atom. The second kappa shape index (κ2) is 5.57. The van der Waals surface area contributed by atoms with Crippen molar-refractivity contribution in [1.29, 1.82) is 0 Å². The Morgan fingerprint density at radius 2 is 2.14 bits per heavy atom. The van der Waals surface area contributed by atoms with Gasteiger partial charge in [0, 0.05) is 31.6 Å². The van der Waals surface area contributed by atoms with Crippen LogP contribution in [0.25, 0.3) is 11.3 Å². The van der Waals surface area contributed by atoms with Crippen molar-refractivity contribution < 1.29 is 4.74 Å². The number of anilines is 1. The van der Waals surface area contributed by atoms with Crippen molar-refractivity contribution >= 4 is 5.69 Å². The molecule has 22 heavy (non-hydrogen) atoms. The van der Waals surface area contributed by atoms with Crippen molar-refractivity contribution in [2.45, 2.75) is 25.4 Å². The van der Waals surface area contributed by atoms with E-state index < -0.39 is 0 Å². The monoisotopic (exact) mass is 296 g/mol. The van der Waals surface area contributed by atoms with Gasteiger partial charge in [0.15, 0.2) is 0 Å². The van der Waals surface area contributed by atoms with E-state index in [4.69, 9.17) is 10.5 Å². The van der Waals surface area contributed by atoms with Crippen LogP contribution in [0.1, 0.15) is 18.4 Å². The molecule has 2 aliphatic rings. The maximum atomic E-state index is 6.00. The molecule has 0 saturated carbocycles. The molecule has 1 atom stereocenters. The van der Waals surface area contributed by atoms with Crippen LogP contribution in [-0.2, 0) is 6.42 Å². The highest BCUT2D eigenvalue weighted by Crippen LogP contribution is 2.38. The summed E-state index contributed by atoms with van der Waals surface area (Å²) in [6, 6.07) is 8.33. The van der Waals surface area contributed by atoms with Crippen molar-refractivity contribution in [3.05, 3.63) is 36.0 Å². The first-order valence-corrected chi connectivity index (χ1v) is 7.92. The summed E-state index contributed by atoms with van der Waals surface area (Å²) in [5, 5.41) is 8.52. The van der Waals surface area contributed by atoms with E-state index >= 15 is 0 Å². The first-order chi connectivity index (χ1) is 10.8. The predicted molar refractivity (Wildman–Crippen MR) is 86.1 cm³/mol. The molecule has 1 saturated heterocycles. The van der Waals surface area contributed by atoms with Crippen LogP contribution in [0.4, 0.5) is 5.69 Å². The summed E-state index contributed by atoms with van der Waals surface area (Å²) < 4.78 is 6.00. The van der Waals surface area contributed by atoms with Crippen LogP contribution in [0.2, 0.25) is 0 Å². The minimum atomic E-state index is 0.0749. The van der Waals surface area contributed by atoms with Gasteiger partial charge in [-0.05, 0) is 30.5 Å². The van der Waals surface area contributed by atoms with Gasteiger partial charge in [-0.15, -0.1) is 0 Å². The highest BCUT2D eigenvalue weighted by molar-refractivity contribution is 5.72. The lowest BCUT2D eigenvalue weighted by atomic mass is 10.0. The maximum Gasteiger partial charge on any atom is 0.132 e. The summed E-state index contributed by atoms with van der Waals surface area (Å²) in [5.41, 5.74) is 10.00. The number of nitrogens with two attached hydrogens (primary N) is 1. The maximum absolute atomic E-state index is 6.00. The quantitative estimate of drug-likeness (QED) is 0.938. The van der Waals surface area contributed by atoms with Gasteiger partial charge in [-0.25, -0.2) is 0 Å². The lowest BCUT2D eigenvalue weighted by Gasteiger charge is -2.17. The summed E-state index contributed by atoms with van der Waals surface area (Å²) in [5.74, 6) is 0.922. The highest BCUT2D eigenvalue weighted by atomic mass is 16.5. The summed E-state index contributed by atoms with van der Waals surface area (Å²) in [4.78, 5) is 2.37. The number of ether oxygens (including phenoxy) is 1. The average Bonchev–Trinajstić information content (AvgIpc) is 3.23. The molecule has 0 amide bonds. The zero-order valence-electron chi connectivity index (χ0n) is 12.5. The average molecular weight is 296 g/mol. The van der Waals surface area contributed by atoms with Crippen LogP contribution >= 0.6 is 0 Å². The normalized spacial score (nSPS) is 20.0. The molecule has 4 rings (SSSR count). The van der Waals surface area contributed by atoms with E-state index in [0.717, 1.165) is 42.2 Å². The van der Waals surface area contributed by atoms with E-state index in [-0.39, 0.29) is 6.10 Å². The number of para-hydroxylation sites is 1. The number of rotatable bonds is 3. The predicted octanol–water partition coefficient (Wildman–Crippen LogP) is 2.01. The Bertz CT molecular complexity index is 682. The molecule has 1 aromatic heterocycles. The summed E-state index contributed by atoms with van der Waals surface area (Å²) >= 11 is 0. The molecule has 114 valence electrons. The molecule has 2 aromatic rings. The van der Waals surface area contributed by atoms with Crippen molar-refractivity contribution in [3.8, 4) is 17.0 Å². The van der Waals surface area contributed by atoms with Crippen molar-refractivity contribution in [1.82, 2.24) is 10.2 Å². The summed E-state index contributed by atoms with van der Waals surface area (Å²) in [6.07, 6.45) is 5.30. The topological polar surface area (TPSA) is 64.3 Å². The minimum absolute atomic E-state index is 0.0749. The van der Waals surface area contributed by atoms with Crippen LogP contribution in [0.3, 0.4) is 0 Å². The van der Waals surface area contributed by atoms with Crippen LogP contribution in [0.5, 0.6) is 5.75 Å². The van der Waals surface area contributed by atoms with Crippen molar-refractivity contribution in [2.24, 2.45) is 5.73 Å². The molecule has 2 N–H and O–H groups in total. The highest BCUT2D eigenvalue weighted by Gasteiger charge is 2.25. The smallest absolute Gasteiger partial charge is 0.132 e. The molecular weight excluding hydrogens is 276 g/mol. The molecule has 5 heteroatoms. The van der Waals surface area contributed by atoms with Gasteiger partial charge in [-0.2, -0.15) is 10.2 Å². The Labute approximate surface area is 130 Å². The van der Waals surface area contributed by atoms with Gasteiger partial charge in [0.1, 0.15) is 11.9 Å². The van der Waals surface area contributed by atoms with Gasteiger partial charge < -0.3 is 15.4 Å². The Morgan fingerprint density at radius 3 is 2.95 bits per heavy atom.